The van der Waals surface area contributed by atoms with E-state index < -0.39 is 0 Å². The summed E-state index contributed by atoms with van der Waals surface area (Å²) in [5.41, 5.74) is 0. The first-order valence-electron chi connectivity index (χ1n) is 6.41. The van der Waals surface area contributed by atoms with Crippen molar-refractivity contribution in [2.45, 2.75) is 39.0 Å². The minimum atomic E-state index is -0.0820. The molecular weight excluding hydrogens is 204 g/mol. The molecule has 1 unspecified atom stereocenters. The van der Waals surface area contributed by atoms with Crippen LogP contribution in [0.15, 0.2) is 0 Å². The molecule has 4 heteroatoms. The van der Waals surface area contributed by atoms with E-state index in [0.717, 1.165) is 13.1 Å². The number of hydrogen-bond donors (Lipinski definition) is 1. The number of ether oxygens (including phenoxy) is 2. The predicted molar refractivity (Wildman–Crippen MR) is 65.6 cm³/mol. The van der Waals surface area contributed by atoms with Crippen LogP contribution in [-0.4, -0.2) is 57.1 Å². The zero-order valence-corrected chi connectivity index (χ0v) is 10.9. The van der Waals surface area contributed by atoms with Crippen LogP contribution in [0.2, 0.25) is 0 Å². The van der Waals surface area contributed by atoms with Crippen molar-refractivity contribution in [3.63, 3.8) is 0 Å². The maximum Gasteiger partial charge on any atom is 0.170 e. The van der Waals surface area contributed by atoms with Gasteiger partial charge < -0.3 is 14.8 Å². The molecule has 0 aromatic rings. The molecule has 1 aliphatic rings. The number of nitrogens with zero attached hydrogens (tertiary/aromatic N) is 1. The molecule has 1 saturated heterocycles. The van der Waals surface area contributed by atoms with Gasteiger partial charge in [-0.2, -0.15) is 0 Å². The lowest BCUT2D eigenvalue weighted by atomic mass is 10.2. The molecule has 96 valence electrons. The first kappa shape index (κ1) is 13.9. The second-order valence-corrected chi connectivity index (χ2v) is 4.35. The summed E-state index contributed by atoms with van der Waals surface area (Å²) in [5.74, 6) is 0. The highest BCUT2D eigenvalue weighted by atomic mass is 16.7. The summed E-state index contributed by atoms with van der Waals surface area (Å²) in [6.45, 7) is 8.52. The smallest absolute Gasteiger partial charge is 0.170 e. The summed E-state index contributed by atoms with van der Waals surface area (Å²) < 4.78 is 11.1. The molecule has 1 atom stereocenters. The average Bonchev–Trinajstić information content (AvgIpc) is 2.71. The van der Waals surface area contributed by atoms with Crippen molar-refractivity contribution in [1.29, 1.82) is 0 Å². The third kappa shape index (κ3) is 5.25. The topological polar surface area (TPSA) is 33.7 Å². The van der Waals surface area contributed by atoms with Crippen LogP contribution in [0.3, 0.4) is 0 Å². The van der Waals surface area contributed by atoms with E-state index in [-0.39, 0.29) is 6.29 Å². The van der Waals surface area contributed by atoms with Gasteiger partial charge in [0, 0.05) is 32.3 Å². The molecule has 1 aliphatic heterocycles. The van der Waals surface area contributed by atoms with Gasteiger partial charge in [-0.15, -0.1) is 0 Å². The molecule has 1 N–H and O–H groups in total. The Morgan fingerprint density at radius 3 is 2.50 bits per heavy atom. The molecular formula is C12H26N2O2. The molecule has 0 aromatic heterocycles. The Bertz CT molecular complexity index is 166. The second kappa shape index (κ2) is 8.01. The lowest BCUT2D eigenvalue weighted by molar-refractivity contribution is -0.145. The molecule has 1 rings (SSSR count). The fourth-order valence-corrected chi connectivity index (χ4v) is 2.14. The summed E-state index contributed by atoms with van der Waals surface area (Å²) in [7, 11) is 2.13. The first-order chi connectivity index (χ1) is 7.76. The predicted octanol–water partition coefficient (Wildman–Crippen LogP) is 1.07. The van der Waals surface area contributed by atoms with E-state index in [4.69, 9.17) is 9.47 Å². The maximum atomic E-state index is 5.53. The summed E-state index contributed by atoms with van der Waals surface area (Å²) in [6.07, 6.45) is 2.51. The van der Waals surface area contributed by atoms with Crippen molar-refractivity contribution in [3.05, 3.63) is 0 Å². The van der Waals surface area contributed by atoms with Gasteiger partial charge in [0.15, 0.2) is 6.29 Å². The fourth-order valence-electron chi connectivity index (χ4n) is 2.14. The zero-order chi connectivity index (χ0) is 11.8. The number of hydrogen-bond acceptors (Lipinski definition) is 4. The Hall–Kier alpha value is -0.160. The van der Waals surface area contributed by atoms with Crippen molar-refractivity contribution in [1.82, 2.24) is 10.2 Å². The third-order valence-corrected chi connectivity index (χ3v) is 2.86. The average molecular weight is 230 g/mol. The molecule has 0 bridgehead atoms. The van der Waals surface area contributed by atoms with Crippen LogP contribution in [-0.2, 0) is 9.47 Å². The van der Waals surface area contributed by atoms with Crippen LogP contribution in [0, 0.1) is 0 Å². The highest BCUT2D eigenvalue weighted by Crippen LogP contribution is 2.07. The van der Waals surface area contributed by atoms with Gasteiger partial charge in [0.2, 0.25) is 0 Å². The van der Waals surface area contributed by atoms with E-state index in [1.54, 1.807) is 0 Å². The molecule has 0 saturated carbocycles. The Morgan fingerprint density at radius 2 is 2.00 bits per heavy atom. The van der Waals surface area contributed by atoms with Gasteiger partial charge >= 0.3 is 0 Å². The Labute approximate surface area is 99.3 Å². The molecule has 1 fully saturated rings. The molecule has 1 heterocycles. The van der Waals surface area contributed by atoms with Crippen molar-refractivity contribution < 1.29 is 9.47 Å². The van der Waals surface area contributed by atoms with E-state index in [1.807, 2.05) is 13.8 Å². The van der Waals surface area contributed by atoms with Crippen LogP contribution >= 0.6 is 0 Å². The Morgan fingerprint density at radius 1 is 1.31 bits per heavy atom. The highest BCUT2D eigenvalue weighted by Gasteiger charge is 2.18. The monoisotopic (exact) mass is 230 g/mol. The molecule has 0 spiro atoms. The minimum absolute atomic E-state index is 0.0820. The molecule has 0 amide bonds. The van der Waals surface area contributed by atoms with Crippen LogP contribution in [0.4, 0.5) is 0 Å². The minimum Gasteiger partial charge on any atom is -0.352 e. The van der Waals surface area contributed by atoms with Gasteiger partial charge in [0.1, 0.15) is 0 Å². The molecule has 4 nitrogen and oxygen atoms in total. The number of likely N-dealkylation sites (N-methyl/N-ethyl adjacent to an activating group) is 1. The van der Waals surface area contributed by atoms with E-state index >= 15 is 0 Å². The third-order valence-electron chi connectivity index (χ3n) is 2.86. The number of nitrogens with one attached hydrogen (secondary N) is 1. The largest absolute Gasteiger partial charge is 0.352 e. The zero-order valence-electron chi connectivity index (χ0n) is 10.9. The van der Waals surface area contributed by atoms with Crippen molar-refractivity contribution in [2.75, 3.05) is 39.9 Å². The van der Waals surface area contributed by atoms with Crippen LogP contribution in [0.25, 0.3) is 0 Å². The van der Waals surface area contributed by atoms with Crippen LogP contribution < -0.4 is 5.32 Å². The van der Waals surface area contributed by atoms with Gasteiger partial charge in [0.05, 0.1) is 0 Å². The lowest BCUT2D eigenvalue weighted by Crippen LogP contribution is -2.40. The first-order valence-corrected chi connectivity index (χ1v) is 6.41. The second-order valence-electron chi connectivity index (χ2n) is 4.35. The SMILES string of the molecule is CCOC(CN(C)CC1CCCN1)OCC. The molecule has 16 heavy (non-hydrogen) atoms. The fraction of sp³-hybridized carbons (Fsp3) is 1.00. The van der Waals surface area contributed by atoms with Gasteiger partial charge in [-0.25, -0.2) is 0 Å². The summed E-state index contributed by atoms with van der Waals surface area (Å²) in [6, 6.07) is 0.647. The quantitative estimate of drug-likeness (QED) is 0.632. The standard InChI is InChI=1S/C12H26N2O2/c1-4-15-12(16-5-2)10-14(3)9-11-7-6-8-13-11/h11-13H,4-10H2,1-3H3. The molecule has 0 aliphatic carbocycles. The van der Waals surface area contributed by atoms with E-state index in [9.17, 15) is 0 Å². The molecule has 0 aromatic carbocycles. The molecule has 0 radical (unpaired) electrons. The summed E-state index contributed by atoms with van der Waals surface area (Å²) in [5, 5.41) is 3.50. The normalized spacial score (nSPS) is 21.2. The van der Waals surface area contributed by atoms with Gasteiger partial charge in [-0.1, -0.05) is 0 Å². The van der Waals surface area contributed by atoms with E-state index in [0.29, 0.717) is 19.3 Å². The van der Waals surface area contributed by atoms with Gasteiger partial charge in [-0.05, 0) is 40.3 Å². The Kier molecular flexibility index (Phi) is 6.96. The van der Waals surface area contributed by atoms with Gasteiger partial charge in [0.25, 0.3) is 0 Å². The Balaban J connectivity index is 2.20. The van der Waals surface area contributed by atoms with Crippen molar-refractivity contribution >= 4 is 0 Å². The van der Waals surface area contributed by atoms with Crippen molar-refractivity contribution in [3.8, 4) is 0 Å². The van der Waals surface area contributed by atoms with Crippen LogP contribution in [0.5, 0.6) is 0 Å². The maximum absolute atomic E-state index is 5.53. The van der Waals surface area contributed by atoms with Crippen molar-refractivity contribution in [2.24, 2.45) is 0 Å². The summed E-state index contributed by atoms with van der Waals surface area (Å²) in [4.78, 5) is 2.29. The lowest BCUT2D eigenvalue weighted by Gasteiger charge is -2.25. The number of rotatable bonds is 8. The van der Waals surface area contributed by atoms with E-state index in [2.05, 4.69) is 17.3 Å². The highest BCUT2D eigenvalue weighted by molar-refractivity contribution is 4.77. The van der Waals surface area contributed by atoms with Crippen LogP contribution in [0.1, 0.15) is 26.7 Å². The summed E-state index contributed by atoms with van der Waals surface area (Å²) >= 11 is 0. The van der Waals surface area contributed by atoms with Gasteiger partial charge in [-0.3, -0.25) is 4.90 Å². The van der Waals surface area contributed by atoms with E-state index in [1.165, 1.54) is 19.4 Å².